The van der Waals surface area contributed by atoms with E-state index in [2.05, 4.69) is 37.4 Å². The first-order valence-corrected chi connectivity index (χ1v) is 14.6. The van der Waals surface area contributed by atoms with Crippen molar-refractivity contribution >= 4 is 44.5 Å². The maximum atomic E-state index is 15.0. The van der Waals surface area contributed by atoms with Gasteiger partial charge in [-0.1, -0.05) is 6.07 Å². The van der Waals surface area contributed by atoms with Crippen LogP contribution < -0.4 is 19.8 Å². The quantitative estimate of drug-likeness (QED) is 0.456. The molecule has 2 N–H and O–H groups in total. The summed E-state index contributed by atoms with van der Waals surface area (Å²) in [5, 5.41) is 6.41. The monoisotopic (exact) mass is 553 g/mol. The van der Waals surface area contributed by atoms with E-state index < -0.39 is 14.8 Å². The minimum absolute atomic E-state index is 0.289. The number of aromatic nitrogens is 2. The largest absolute Gasteiger partial charge is 0.367 e. The highest BCUT2D eigenvalue weighted by atomic mass is 32.2. The predicted octanol–water partition coefficient (Wildman–Crippen LogP) is 4.65. The summed E-state index contributed by atoms with van der Waals surface area (Å²) in [6.07, 6.45) is 2.37. The summed E-state index contributed by atoms with van der Waals surface area (Å²) in [6, 6.07) is 10.8. The predicted molar refractivity (Wildman–Crippen MR) is 156 cm³/mol. The van der Waals surface area contributed by atoms with E-state index in [9.17, 15) is 12.8 Å². The van der Waals surface area contributed by atoms with Crippen molar-refractivity contribution < 1.29 is 12.8 Å². The van der Waals surface area contributed by atoms with E-state index in [1.54, 1.807) is 33.0 Å². The van der Waals surface area contributed by atoms with Gasteiger partial charge in [0, 0.05) is 55.9 Å². The number of likely N-dealkylation sites (N-methyl/N-ethyl adjacent to an activating group) is 1. The second kappa shape index (κ2) is 10.3. The summed E-state index contributed by atoms with van der Waals surface area (Å²) < 4.78 is 41.9. The van der Waals surface area contributed by atoms with E-state index in [0.717, 1.165) is 43.0 Å². The number of fused-ring (bicyclic) bond motifs is 1. The van der Waals surface area contributed by atoms with Crippen molar-refractivity contribution in [3.8, 4) is 0 Å². The summed E-state index contributed by atoms with van der Waals surface area (Å²) in [6.45, 7) is 10.9. The molecule has 3 aromatic rings. The molecule has 2 aliphatic rings. The molecule has 11 heteroatoms. The van der Waals surface area contributed by atoms with Crippen molar-refractivity contribution in [3.05, 3.63) is 59.5 Å². The molecule has 1 aromatic heterocycles. The molecule has 208 valence electrons. The first-order valence-electron chi connectivity index (χ1n) is 13.2. The fraction of sp³-hybridized carbons (Fsp3) is 0.429. The normalized spacial score (nSPS) is 16.4. The first-order chi connectivity index (χ1) is 18.4. The van der Waals surface area contributed by atoms with Gasteiger partial charge in [0.05, 0.1) is 16.1 Å². The van der Waals surface area contributed by atoms with Crippen LogP contribution in [0, 0.1) is 12.7 Å². The molecule has 0 amide bonds. The Kier molecular flexibility index (Phi) is 7.15. The molecule has 3 heterocycles. The van der Waals surface area contributed by atoms with E-state index in [4.69, 9.17) is 0 Å². The third-order valence-electron chi connectivity index (χ3n) is 7.28. The Morgan fingerprint density at radius 1 is 0.923 bits per heavy atom. The second-order valence-corrected chi connectivity index (χ2v) is 13.8. The summed E-state index contributed by atoms with van der Waals surface area (Å²) in [4.78, 5) is 13.3. The molecule has 2 aromatic carbocycles. The fourth-order valence-electron chi connectivity index (χ4n) is 4.79. The second-order valence-electron chi connectivity index (χ2n) is 11.2. The summed E-state index contributed by atoms with van der Waals surface area (Å²) in [5.74, 6) is 0.612. The number of benzene rings is 2. The zero-order valence-corrected chi connectivity index (χ0v) is 23.9. The van der Waals surface area contributed by atoms with Gasteiger partial charge in [0.15, 0.2) is 0 Å². The first kappa shape index (κ1) is 27.1. The molecule has 2 aliphatic heterocycles. The molecule has 5 rings (SSSR count). The maximum absolute atomic E-state index is 15.0. The number of halogens is 1. The van der Waals surface area contributed by atoms with Crippen LogP contribution in [0.1, 0.15) is 31.9 Å². The van der Waals surface area contributed by atoms with Crippen LogP contribution in [-0.2, 0) is 16.4 Å². The molecule has 0 radical (unpaired) electrons. The van der Waals surface area contributed by atoms with Gasteiger partial charge in [0.2, 0.25) is 16.0 Å². The highest BCUT2D eigenvalue weighted by molar-refractivity contribution is 7.94. The van der Waals surface area contributed by atoms with Gasteiger partial charge in [-0.3, -0.25) is 4.31 Å². The van der Waals surface area contributed by atoms with Crippen LogP contribution >= 0.6 is 0 Å². The molecule has 1 fully saturated rings. The average molecular weight is 554 g/mol. The van der Waals surface area contributed by atoms with Crippen LogP contribution in [0.15, 0.2) is 42.6 Å². The number of hydrogen-bond acceptors (Lipinski definition) is 8. The van der Waals surface area contributed by atoms with Gasteiger partial charge in [-0.05, 0) is 77.1 Å². The van der Waals surface area contributed by atoms with Gasteiger partial charge in [-0.25, -0.2) is 17.8 Å². The smallest absolute Gasteiger partial charge is 0.240 e. The Bertz CT molecular complexity index is 1480. The van der Waals surface area contributed by atoms with Gasteiger partial charge in [-0.15, -0.1) is 0 Å². The number of piperazine rings is 1. The van der Waals surface area contributed by atoms with Crippen molar-refractivity contribution in [2.75, 3.05) is 59.6 Å². The van der Waals surface area contributed by atoms with Gasteiger partial charge >= 0.3 is 0 Å². The zero-order valence-electron chi connectivity index (χ0n) is 23.1. The number of sulfonamides is 1. The van der Waals surface area contributed by atoms with E-state index >= 15 is 0 Å². The van der Waals surface area contributed by atoms with Gasteiger partial charge in [-0.2, -0.15) is 4.98 Å². The van der Waals surface area contributed by atoms with Crippen LogP contribution in [0.5, 0.6) is 0 Å². The SMILES string of the molecule is Cc1cnc(Nc2ccc(N3CCN(C)CC3)c(F)c2)nc1Nc1ccc2c(c1)N(S(=O)(=O)C(C)(C)C)CC2. The number of anilines is 6. The molecule has 0 unspecified atom stereocenters. The van der Waals surface area contributed by atoms with Crippen LogP contribution in [0.25, 0.3) is 0 Å². The molecular weight excluding hydrogens is 517 g/mol. The molecule has 39 heavy (non-hydrogen) atoms. The van der Waals surface area contributed by atoms with E-state index in [1.807, 2.05) is 31.2 Å². The van der Waals surface area contributed by atoms with Gasteiger partial charge < -0.3 is 20.4 Å². The number of rotatable bonds is 6. The zero-order chi connectivity index (χ0) is 27.9. The Labute approximate surface area is 230 Å². The fourth-order valence-corrected chi connectivity index (χ4v) is 6.21. The van der Waals surface area contributed by atoms with Crippen molar-refractivity contribution in [2.24, 2.45) is 0 Å². The molecular formula is C28H36FN7O2S. The molecule has 0 spiro atoms. The minimum Gasteiger partial charge on any atom is -0.367 e. The minimum atomic E-state index is -3.51. The van der Waals surface area contributed by atoms with E-state index in [-0.39, 0.29) is 5.82 Å². The molecule has 0 aliphatic carbocycles. The summed E-state index contributed by atoms with van der Waals surface area (Å²) in [5.41, 5.74) is 4.38. The third-order valence-corrected chi connectivity index (χ3v) is 9.79. The lowest BCUT2D eigenvalue weighted by atomic mass is 10.1. The van der Waals surface area contributed by atoms with Crippen LogP contribution in [0.4, 0.5) is 38.9 Å². The number of aryl methyl sites for hydroxylation is 1. The number of hydrogen-bond donors (Lipinski definition) is 2. The van der Waals surface area contributed by atoms with Crippen LogP contribution in [0.2, 0.25) is 0 Å². The third kappa shape index (κ3) is 5.51. The molecule has 9 nitrogen and oxygen atoms in total. The Hall–Kier alpha value is -3.44. The Morgan fingerprint density at radius 3 is 2.31 bits per heavy atom. The molecule has 0 bridgehead atoms. The lowest BCUT2D eigenvalue weighted by molar-refractivity contribution is 0.311. The van der Waals surface area contributed by atoms with Crippen molar-refractivity contribution in [2.45, 2.75) is 38.9 Å². The standard InChI is InChI=1S/C28H36FN7O2S/c1-19-18-30-27(32-21-8-9-24(23(29)16-21)35-14-12-34(5)13-15-35)33-26(19)31-22-7-6-20-10-11-36(25(20)17-22)39(37,38)28(2,3)4/h6-9,16-18H,10-15H2,1-5H3,(H2,30,31,32,33). The summed E-state index contributed by atoms with van der Waals surface area (Å²) >= 11 is 0. The Balaban J connectivity index is 1.34. The van der Waals surface area contributed by atoms with Gasteiger partial charge in [0.25, 0.3) is 0 Å². The van der Waals surface area contributed by atoms with Gasteiger partial charge in [0.1, 0.15) is 11.6 Å². The highest BCUT2D eigenvalue weighted by Gasteiger charge is 2.38. The summed E-state index contributed by atoms with van der Waals surface area (Å²) in [7, 11) is -1.44. The van der Waals surface area contributed by atoms with Crippen LogP contribution in [-0.4, -0.2) is 67.8 Å². The molecule has 0 saturated carbocycles. The number of nitrogens with one attached hydrogen (secondary N) is 2. The van der Waals surface area contributed by atoms with Crippen molar-refractivity contribution in [1.82, 2.24) is 14.9 Å². The van der Waals surface area contributed by atoms with Crippen molar-refractivity contribution in [3.63, 3.8) is 0 Å². The Morgan fingerprint density at radius 2 is 1.62 bits per heavy atom. The van der Waals surface area contributed by atoms with E-state index in [1.165, 1.54) is 10.4 Å². The highest BCUT2D eigenvalue weighted by Crippen LogP contribution is 2.37. The maximum Gasteiger partial charge on any atom is 0.240 e. The van der Waals surface area contributed by atoms with E-state index in [0.29, 0.717) is 41.8 Å². The lowest BCUT2D eigenvalue weighted by Gasteiger charge is -2.34. The van der Waals surface area contributed by atoms with Crippen molar-refractivity contribution in [1.29, 1.82) is 0 Å². The van der Waals surface area contributed by atoms with Crippen LogP contribution in [0.3, 0.4) is 0 Å². The topological polar surface area (TPSA) is 93.7 Å². The lowest BCUT2D eigenvalue weighted by Crippen LogP contribution is -2.44. The molecule has 0 atom stereocenters. The average Bonchev–Trinajstić information content (AvgIpc) is 3.30. The number of nitrogens with zero attached hydrogens (tertiary/aromatic N) is 5. The molecule has 1 saturated heterocycles.